The quantitative estimate of drug-likeness (QED) is 0.767. The lowest BCUT2D eigenvalue weighted by atomic mass is 9.75. The van der Waals surface area contributed by atoms with Gasteiger partial charge in [0.15, 0.2) is 0 Å². The van der Waals surface area contributed by atoms with Crippen molar-refractivity contribution in [2.24, 2.45) is 0 Å². The normalized spacial score (nSPS) is 23.1. The van der Waals surface area contributed by atoms with E-state index in [-0.39, 0.29) is 11.4 Å². The van der Waals surface area contributed by atoms with E-state index >= 15 is 0 Å². The first-order valence-electron chi connectivity index (χ1n) is 6.30. The van der Waals surface area contributed by atoms with E-state index in [1.807, 2.05) is 18.2 Å². The molecule has 1 atom stereocenters. The van der Waals surface area contributed by atoms with Gasteiger partial charge in [-0.3, -0.25) is 9.59 Å². The van der Waals surface area contributed by atoms with Gasteiger partial charge in [0.1, 0.15) is 5.78 Å². The predicted molar refractivity (Wildman–Crippen MR) is 68.2 cm³/mol. The Morgan fingerprint density at radius 3 is 2.61 bits per heavy atom. The van der Waals surface area contributed by atoms with E-state index in [1.54, 1.807) is 0 Å². The Morgan fingerprint density at radius 2 is 2.06 bits per heavy atom. The number of ketones is 1. The molecule has 1 aromatic carbocycles. The van der Waals surface area contributed by atoms with E-state index in [0.717, 1.165) is 6.42 Å². The van der Waals surface area contributed by atoms with Gasteiger partial charge in [-0.15, -0.1) is 0 Å². The van der Waals surface area contributed by atoms with Crippen LogP contribution in [0, 0.1) is 0 Å². The summed E-state index contributed by atoms with van der Waals surface area (Å²) in [6.45, 7) is 0. The lowest BCUT2D eigenvalue weighted by Crippen LogP contribution is -2.24. The van der Waals surface area contributed by atoms with Crippen molar-refractivity contribution >= 4 is 11.8 Å². The van der Waals surface area contributed by atoms with E-state index in [0.29, 0.717) is 31.5 Å². The molecule has 1 aromatic rings. The van der Waals surface area contributed by atoms with Gasteiger partial charge >= 0.3 is 5.97 Å². The molecule has 18 heavy (non-hydrogen) atoms. The largest absolute Gasteiger partial charge is 0.469 e. The first-order valence-corrected chi connectivity index (χ1v) is 6.30. The molecule has 0 aromatic heterocycles. The summed E-state index contributed by atoms with van der Waals surface area (Å²) in [5.74, 6) is 0.0911. The number of carbonyl (C=O) groups excluding carboxylic acids is 2. The fourth-order valence-electron chi connectivity index (χ4n) is 2.77. The summed E-state index contributed by atoms with van der Waals surface area (Å²) in [5, 5.41) is 0. The molecule has 0 aliphatic heterocycles. The summed E-state index contributed by atoms with van der Waals surface area (Å²) in [4.78, 5) is 22.9. The molecule has 0 N–H and O–H groups in total. The lowest BCUT2D eigenvalue weighted by Gasteiger charge is -2.28. The lowest BCUT2D eigenvalue weighted by molar-refractivity contribution is -0.141. The minimum atomic E-state index is -0.204. The Balaban J connectivity index is 2.19. The second-order valence-electron chi connectivity index (χ2n) is 4.94. The number of hydrogen-bond acceptors (Lipinski definition) is 3. The van der Waals surface area contributed by atoms with Crippen LogP contribution >= 0.6 is 0 Å². The van der Waals surface area contributed by atoms with Crippen molar-refractivity contribution in [2.45, 2.75) is 37.5 Å². The third-order valence-corrected chi connectivity index (χ3v) is 3.84. The maximum absolute atomic E-state index is 11.6. The maximum atomic E-state index is 11.6. The van der Waals surface area contributed by atoms with Gasteiger partial charge in [-0.1, -0.05) is 30.3 Å². The van der Waals surface area contributed by atoms with Gasteiger partial charge in [-0.2, -0.15) is 0 Å². The average molecular weight is 246 g/mol. The number of carbonyl (C=O) groups is 2. The molecule has 0 unspecified atom stereocenters. The summed E-state index contributed by atoms with van der Waals surface area (Å²) in [6.07, 6.45) is 3.07. The van der Waals surface area contributed by atoms with Crippen LogP contribution in [-0.2, 0) is 19.7 Å². The van der Waals surface area contributed by atoms with Crippen LogP contribution in [0.2, 0.25) is 0 Å². The predicted octanol–water partition coefficient (Wildman–Crippen LogP) is 2.63. The zero-order valence-corrected chi connectivity index (χ0v) is 10.6. The van der Waals surface area contributed by atoms with E-state index < -0.39 is 0 Å². The molecule has 0 amide bonds. The molecule has 3 heteroatoms. The molecule has 1 fully saturated rings. The second kappa shape index (κ2) is 5.34. The second-order valence-corrected chi connectivity index (χ2v) is 4.94. The van der Waals surface area contributed by atoms with Crippen LogP contribution in [-0.4, -0.2) is 18.9 Å². The molecule has 3 nitrogen and oxygen atoms in total. The van der Waals surface area contributed by atoms with E-state index in [9.17, 15) is 9.59 Å². The molecule has 0 bridgehead atoms. The third-order valence-electron chi connectivity index (χ3n) is 3.84. The van der Waals surface area contributed by atoms with Crippen LogP contribution in [0.3, 0.4) is 0 Å². The molecule has 1 saturated carbocycles. The summed E-state index contributed by atoms with van der Waals surface area (Å²) < 4.78 is 4.69. The highest BCUT2D eigenvalue weighted by Crippen LogP contribution is 2.43. The van der Waals surface area contributed by atoms with Gasteiger partial charge in [-0.25, -0.2) is 0 Å². The standard InChI is InChI=1S/C15H18O3/c1-18-14(17)8-10-15(9-7-13(16)11-15)12-5-3-2-4-6-12/h2-6H,7-11H2,1H3/t15-/m0/s1. The zero-order valence-electron chi connectivity index (χ0n) is 10.6. The Labute approximate surface area is 107 Å². The van der Waals surface area contributed by atoms with Crippen molar-refractivity contribution in [3.05, 3.63) is 35.9 Å². The molecule has 0 heterocycles. The topological polar surface area (TPSA) is 43.4 Å². The van der Waals surface area contributed by atoms with Gasteiger partial charge in [0.25, 0.3) is 0 Å². The SMILES string of the molecule is COC(=O)CC[C@@]1(c2ccccc2)CCC(=O)C1. The highest BCUT2D eigenvalue weighted by Gasteiger charge is 2.39. The molecule has 2 rings (SSSR count). The Hall–Kier alpha value is -1.64. The van der Waals surface area contributed by atoms with Crippen LogP contribution in [0.15, 0.2) is 30.3 Å². The molecular formula is C15H18O3. The Kier molecular flexibility index (Phi) is 3.80. The summed E-state index contributed by atoms with van der Waals surface area (Å²) in [6, 6.07) is 10.0. The smallest absolute Gasteiger partial charge is 0.305 e. The van der Waals surface area contributed by atoms with Crippen LogP contribution in [0.1, 0.15) is 37.7 Å². The minimum Gasteiger partial charge on any atom is -0.469 e. The molecule has 96 valence electrons. The van der Waals surface area contributed by atoms with Gasteiger partial charge in [-0.05, 0) is 18.4 Å². The highest BCUT2D eigenvalue weighted by atomic mass is 16.5. The number of rotatable bonds is 4. The van der Waals surface area contributed by atoms with Crippen LogP contribution in [0.5, 0.6) is 0 Å². The van der Waals surface area contributed by atoms with Crippen molar-refractivity contribution in [1.29, 1.82) is 0 Å². The van der Waals surface area contributed by atoms with Crippen molar-refractivity contribution in [3.8, 4) is 0 Å². The first-order chi connectivity index (χ1) is 8.66. The van der Waals surface area contributed by atoms with Crippen molar-refractivity contribution in [1.82, 2.24) is 0 Å². The van der Waals surface area contributed by atoms with Crippen LogP contribution in [0.25, 0.3) is 0 Å². The van der Waals surface area contributed by atoms with E-state index in [2.05, 4.69) is 12.1 Å². The number of Topliss-reactive ketones (excluding diaryl/α,β-unsaturated/α-hetero) is 1. The van der Waals surface area contributed by atoms with Gasteiger partial charge < -0.3 is 4.74 Å². The number of esters is 1. The fraction of sp³-hybridized carbons (Fsp3) is 0.467. The van der Waals surface area contributed by atoms with Gasteiger partial charge in [0.2, 0.25) is 0 Å². The maximum Gasteiger partial charge on any atom is 0.305 e. The third kappa shape index (κ3) is 2.61. The van der Waals surface area contributed by atoms with Crippen LogP contribution in [0.4, 0.5) is 0 Å². The monoisotopic (exact) mass is 246 g/mol. The number of hydrogen-bond donors (Lipinski definition) is 0. The van der Waals surface area contributed by atoms with E-state index in [1.165, 1.54) is 12.7 Å². The number of benzene rings is 1. The summed E-state index contributed by atoms with van der Waals surface area (Å²) in [7, 11) is 1.40. The van der Waals surface area contributed by atoms with Gasteiger partial charge in [0.05, 0.1) is 7.11 Å². The molecule has 1 aliphatic carbocycles. The minimum absolute atomic E-state index is 0.160. The Bertz CT molecular complexity index is 438. The molecule has 1 aliphatic rings. The van der Waals surface area contributed by atoms with Crippen LogP contribution < -0.4 is 0 Å². The highest BCUT2D eigenvalue weighted by molar-refractivity contribution is 5.83. The van der Waals surface area contributed by atoms with Crippen molar-refractivity contribution in [2.75, 3.05) is 7.11 Å². The average Bonchev–Trinajstić information content (AvgIpc) is 2.80. The zero-order chi connectivity index (χ0) is 13.0. The van der Waals surface area contributed by atoms with Crippen molar-refractivity contribution in [3.63, 3.8) is 0 Å². The van der Waals surface area contributed by atoms with E-state index in [4.69, 9.17) is 4.74 Å². The summed E-state index contributed by atoms with van der Waals surface area (Å²) >= 11 is 0. The number of ether oxygens (including phenoxy) is 1. The molecule has 0 radical (unpaired) electrons. The number of methoxy groups -OCH3 is 1. The molecule has 0 saturated heterocycles. The molecular weight excluding hydrogens is 228 g/mol. The fourth-order valence-corrected chi connectivity index (χ4v) is 2.77. The molecule has 0 spiro atoms. The Morgan fingerprint density at radius 1 is 1.33 bits per heavy atom. The first kappa shape index (κ1) is 12.8. The van der Waals surface area contributed by atoms with Crippen molar-refractivity contribution < 1.29 is 14.3 Å². The van der Waals surface area contributed by atoms with Gasteiger partial charge in [0, 0.05) is 24.7 Å². The summed E-state index contributed by atoms with van der Waals surface area (Å²) in [5.41, 5.74) is 1.01.